The molecule has 2 aromatic rings. The van der Waals surface area contributed by atoms with Crippen molar-refractivity contribution in [3.63, 3.8) is 0 Å². The molecule has 134 valence electrons. The molecule has 5 heteroatoms. The predicted molar refractivity (Wildman–Crippen MR) is 103 cm³/mol. The summed E-state index contributed by atoms with van der Waals surface area (Å²) in [6.07, 6.45) is 3.68. The van der Waals surface area contributed by atoms with E-state index in [2.05, 4.69) is 5.32 Å². The summed E-state index contributed by atoms with van der Waals surface area (Å²) >= 11 is 13.1. The van der Waals surface area contributed by atoms with Crippen LogP contribution < -0.4 is 5.32 Å². The minimum atomic E-state index is -0.872. The Morgan fingerprint density at radius 2 is 1.81 bits per heavy atom. The van der Waals surface area contributed by atoms with Gasteiger partial charge in [0.2, 0.25) is 0 Å². The second-order valence-corrected chi connectivity index (χ2v) is 8.62. The molecule has 1 aliphatic heterocycles. The summed E-state index contributed by atoms with van der Waals surface area (Å²) in [7, 11) is 0. The number of aromatic carboxylic acids is 1. The van der Waals surface area contributed by atoms with Crippen LogP contribution in [0.15, 0.2) is 36.4 Å². The van der Waals surface area contributed by atoms with E-state index in [1.165, 1.54) is 19.3 Å². The van der Waals surface area contributed by atoms with Crippen LogP contribution in [0.25, 0.3) is 0 Å². The first-order chi connectivity index (χ1) is 12.5. The molecule has 0 radical (unpaired) electrons. The van der Waals surface area contributed by atoms with E-state index in [0.29, 0.717) is 39.3 Å². The van der Waals surface area contributed by atoms with Gasteiger partial charge in [-0.2, -0.15) is 0 Å². The zero-order valence-electron chi connectivity index (χ0n) is 14.1. The van der Waals surface area contributed by atoms with E-state index < -0.39 is 5.97 Å². The highest BCUT2D eigenvalue weighted by Gasteiger charge is 2.54. The molecule has 0 saturated heterocycles. The van der Waals surface area contributed by atoms with Crippen molar-refractivity contribution in [3.05, 3.63) is 63.1 Å². The molecule has 5 rings (SSSR count). The molecule has 2 fully saturated rings. The number of hydrogen-bond donors (Lipinski definition) is 2. The van der Waals surface area contributed by atoms with E-state index in [9.17, 15) is 9.90 Å². The fourth-order valence-electron chi connectivity index (χ4n) is 5.72. The van der Waals surface area contributed by atoms with Crippen LogP contribution in [-0.2, 0) is 0 Å². The second kappa shape index (κ2) is 5.90. The molecule has 2 saturated carbocycles. The molecule has 0 unspecified atom stereocenters. The van der Waals surface area contributed by atoms with Gasteiger partial charge >= 0.3 is 5.97 Å². The number of anilines is 1. The number of carbonyl (C=O) groups is 1. The second-order valence-electron chi connectivity index (χ2n) is 7.80. The highest BCUT2D eigenvalue weighted by molar-refractivity contribution is 6.36. The molecule has 0 aromatic heterocycles. The zero-order valence-corrected chi connectivity index (χ0v) is 15.6. The van der Waals surface area contributed by atoms with Crippen LogP contribution in [0.4, 0.5) is 5.69 Å². The molecule has 3 nitrogen and oxygen atoms in total. The lowest BCUT2D eigenvalue weighted by Crippen LogP contribution is -2.36. The number of rotatable bonds is 2. The van der Waals surface area contributed by atoms with E-state index >= 15 is 0 Å². The third-order valence-corrected chi connectivity index (χ3v) is 7.30. The molecule has 2 bridgehead atoms. The van der Waals surface area contributed by atoms with Crippen LogP contribution in [0, 0.1) is 17.8 Å². The molecule has 3 aliphatic rings. The maximum Gasteiger partial charge on any atom is 0.335 e. The number of fused-ring (bicyclic) bond motifs is 7. The average Bonchev–Trinajstić information content (AvgIpc) is 3.23. The predicted octanol–water partition coefficient (Wildman–Crippen LogP) is 5.99. The quantitative estimate of drug-likeness (QED) is 0.665. The first-order valence-electron chi connectivity index (χ1n) is 9.12. The van der Waals surface area contributed by atoms with Crippen molar-refractivity contribution >= 4 is 34.9 Å². The standard InChI is InChI=1S/C21H19Cl2NO2/c22-14-2-1-3-15(23)19(14)20-18-11-5-4-10(8-11)17(18)13-9-12(21(25)26)6-7-16(13)24-20/h1-3,6-7,9-11,17-18,20,24H,4-5,8H2,(H,25,26)/t10-,11-,17-,18+,20-/m0/s1. The molecule has 5 atom stereocenters. The van der Waals surface area contributed by atoms with Crippen molar-refractivity contribution in [1.82, 2.24) is 0 Å². The Morgan fingerprint density at radius 3 is 2.54 bits per heavy atom. The van der Waals surface area contributed by atoms with E-state index in [1.54, 1.807) is 6.07 Å². The molecule has 2 N–H and O–H groups in total. The lowest BCUT2D eigenvalue weighted by molar-refractivity contribution is 0.0696. The first-order valence-corrected chi connectivity index (χ1v) is 9.88. The lowest BCUT2D eigenvalue weighted by atomic mass is 9.68. The van der Waals surface area contributed by atoms with Gasteiger partial charge in [0.1, 0.15) is 0 Å². The van der Waals surface area contributed by atoms with Gasteiger partial charge in [-0.05, 0) is 78.8 Å². The zero-order chi connectivity index (χ0) is 18.0. The third kappa shape index (κ3) is 2.30. The van der Waals surface area contributed by atoms with Gasteiger partial charge in [0.05, 0.1) is 11.6 Å². The number of carboxylic acid groups (broad SMARTS) is 1. The molecular formula is C21H19Cl2NO2. The Morgan fingerprint density at radius 1 is 1.08 bits per heavy atom. The smallest absolute Gasteiger partial charge is 0.335 e. The Kier molecular flexibility index (Phi) is 3.74. The van der Waals surface area contributed by atoms with E-state index in [-0.39, 0.29) is 6.04 Å². The summed E-state index contributed by atoms with van der Waals surface area (Å²) in [6.45, 7) is 0. The van der Waals surface area contributed by atoms with Gasteiger partial charge in [-0.25, -0.2) is 4.79 Å². The Labute approximate surface area is 162 Å². The maximum atomic E-state index is 11.5. The SMILES string of the molecule is O=C(O)c1ccc2c(c1)[C@@H]1[C@H]3CC[C@@H](C3)[C@H]1[C@@H](c1c(Cl)cccc1Cl)N2. The van der Waals surface area contributed by atoms with Crippen LogP contribution in [0.3, 0.4) is 0 Å². The highest BCUT2D eigenvalue weighted by Crippen LogP contribution is 2.64. The van der Waals surface area contributed by atoms with Crippen molar-refractivity contribution in [3.8, 4) is 0 Å². The lowest BCUT2D eigenvalue weighted by Gasteiger charge is -2.44. The van der Waals surface area contributed by atoms with Gasteiger partial charge in [-0.1, -0.05) is 29.3 Å². The normalized spacial score (nSPS) is 31.2. The van der Waals surface area contributed by atoms with E-state index in [4.69, 9.17) is 23.2 Å². The molecule has 2 aromatic carbocycles. The summed E-state index contributed by atoms with van der Waals surface area (Å²) < 4.78 is 0. The van der Waals surface area contributed by atoms with Crippen molar-refractivity contribution < 1.29 is 9.90 Å². The maximum absolute atomic E-state index is 11.5. The molecule has 0 spiro atoms. The number of carboxylic acids is 1. The van der Waals surface area contributed by atoms with E-state index in [1.807, 2.05) is 30.3 Å². The minimum Gasteiger partial charge on any atom is -0.478 e. The molecule has 0 amide bonds. The number of benzene rings is 2. The summed E-state index contributed by atoms with van der Waals surface area (Å²) in [5.41, 5.74) is 3.51. The molecule has 2 aliphatic carbocycles. The number of halogens is 2. The van der Waals surface area contributed by atoms with Crippen LogP contribution in [0.5, 0.6) is 0 Å². The van der Waals surface area contributed by atoms with Gasteiger partial charge in [0, 0.05) is 21.3 Å². The van der Waals surface area contributed by atoms with Gasteiger partial charge in [-0.3, -0.25) is 0 Å². The highest BCUT2D eigenvalue weighted by atomic mass is 35.5. The van der Waals surface area contributed by atoms with Crippen LogP contribution in [0.2, 0.25) is 10.0 Å². The Hall–Kier alpha value is -1.71. The topological polar surface area (TPSA) is 49.3 Å². The van der Waals surface area contributed by atoms with Gasteiger partial charge in [-0.15, -0.1) is 0 Å². The van der Waals surface area contributed by atoms with Crippen molar-refractivity contribution in [1.29, 1.82) is 0 Å². The van der Waals surface area contributed by atoms with Gasteiger partial charge in [0.15, 0.2) is 0 Å². The summed E-state index contributed by atoms with van der Waals surface area (Å²) in [5.74, 6) is 1.17. The summed E-state index contributed by atoms with van der Waals surface area (Å²) in [6, 6.07) is 11.2. The van der Waals surface area contributed by atoms with Crippen molar-refractivity contribution in [2.45, 2.75) is 31.2 Å². The fraction of sp³-hybridized carbons (Fsp3) is 0.381. The summed E-state index contributed by atoms with van der Waals surface area (Å²) in [4.78, 5) is 11.5. The van der Waals surface area contributed by atoms with Crippen molar-refractivity contribution in [2.24, 2.45) is 17.8 Å². The average molecular weight is 388 g/mol. The molecule has 26 heavy (non-hydrogen) atoms. The molecule has 1 heterocycles. The number of hydrogen-bond acceptors (Lipinski definition) is 2. The largest absolute Gasteiger partial charge is 0.478 e. The van der Waals surface area contributed by atoms with Crippen LogP contribution >= 0.6 is 23.2 Å². The van der Waals surface area contributed by atoms with E-state index in [0.717, 1.165) is 16.8 Å². The van der Waals surface area contributed by atoms with Crippen molar-refractivity contribution in [2.75, 3.05) is 5.32 Å². The molecular weight excluding hydrogens is 369 g/mol. The fourth-order valence-corrected chi connectivity index (χ4v) is 6.35. The van der Waals surface area contributed by atoms with Gasteiger partial charge < -0.3 is 10.4 Å². The van der Waals surface area contributed by atoms with Gasteiger partial charge in [0.25, 0.3) is 0 Å². The third-order valence-electron chi connectivity index (χ3n) is 6.64. The Bertz CT molecular complexity index is 893. The Balaban J connectivity index is 1.67. The number of nitrogens with one attached hydrogen (secondary N) is 1. The monoisotopic (exact) mass is 387 g/mol. The summed E-state index contributed by atoms with van der Waals surface area (Å²) in [5, 5.41) is 14.5. The minimum absolute atomic E-state index is 0.0691. The first kappa shape index (κ1) is 16.5. The van der Waals surface area contributed by atoms with Crippen LogP contribution in [-0.4, -0.2) is 11.1 Å². The van der Waals surface area contributed by atoms with Crippen LogP contribution in [0.1, 0.15) is 52.7 Å².